The smallest absolute Gasteiger partial charge is 0.463 e. The van der Waals surface area contributed by atoms with Crippen LogP contribution in [0.25, 0.3) is 0 Å². The molecule has 0 bridgehead atoms. The maximum atomic E-state index is 12.9. The zero-order valence-electron chi connectivity index (χ0n) is 63.3. The van der Waals surface area contributed by atoms with Gasteiger partial charge in [0, 0.05) is 19.3 Å². The molecule has 0 saturated heterocycles. The molecule has 5 atom stereocenters. The number of esters is 3. The highest BCUT2D eigenvalue weighted by atomic mass is 31.2. The average Bonchev–Trinajstić information content (AvgIpc) is 0.939. The molecule has 18 heteroatoms. The maximum absolute atomic E-state index is 12.9. The second-order valence-electron chi connectivity index (χ2n) is 26.1. The number of ether oxygens (including phenoxy) is 3. The number of rotatable bonds is 74. The topological polar surface area (TPSA) is 231 Å². The number of phosphoric ester groups is 2. The lowest BCUT2D eigenvalue weighted by atomic mass is 10.0. The summed E-state index contributed by atoms with van der Waals surface area (Å²) < 4.78 is 61.1. The molecule has 0 aliphatic carbocycles. The highest BCUT2D eigenvalue weighted by Gasteiger charge is 2.29. The molecule has 0 rings (SSSR count). The number of phosphoric acid groups is 2. The van der Waals surface area contributed by atoms with Crippen molar-refractivity contribution >= 4 is 33.6 Å². The molecular formula is C83H142O16P2. The molecular weight excluding hydrogens is 1310 g/mol. The van der Waals surface area contributed by atoms with Crippen molar-refractivity contribution in [2.45, 2.75) is 334 Å². The maximum Gasteiger partial charge on any atom is 0.472 e. The fraction of sp³-hybridized carbons (Fsp3) is 0.699. The van der Waals surface area contributed by atoms with Crippen LogP contribution in [0.3, 0.4) is 0 Å². The van der Waals surface area contributed by atoms with Crippen LogP contribution in [0.15, 0.2) is 134 Å². The molecule has 0 saturated carbocycles. The van der Waals surface area contributed by atoms with E-state index in [0.29, 0.717) is 19.3 Å². The zero-order chi connectivity index (χ0) is 73.7. The van der Waals surface area contributed by atoms with Crippen LogP contribution in [0, 0.1) is 0 Å². The molecule has 16 nitrogen and oxygen atoms in total. The molecule has 0 aromatic carbocycles. The number of hydrogen-bond acceptors (Lipinski definition) is 14. The number of aliphatic hydroxyl groups excluding tert-OH is 2. The zero-order valence-corrected chi connectivity index (χ0v) is 65.1. The first kappa shape index (κ1) is 96.7. The van der Waals surface area contributed by atoms with Gasteiger partial charge in [0.25, 0.3) is 0 Å². The van der Waals surface area contributed by atoms with Gasteiger partial charge in [-0.1, -0.05) is 289 Å². The van der Waals surface area contributed by atoms with E-state index < -0.39 is 91.5 Å². The normalized spacial score (nSPS) is 14.7. The molecule has 0 aromatic rings. The quantitative estimate of drug-likeness (QED) is 0.0146. The van der Waals surface area contributed by atoms with Crippen molar-refractivity contribution in [1.82, 2.24) is 0 Å². The summed E-state index contributed by atoms with van der Waals surface area (Å²) in [6.07, 6.45) is 90.8. The number of aliphatic hydroxyl groups is 2. The van der Waals surface area contributed by atoms with Gasteiger partial charge in [0.15, 0.2) is 6.10 Å². The van der Waals surface area contributed by atoms with Crippen LogP contribution >= 0.6 is 15.6 Å². The van der Waals surface area contributed by atoms with Crippen molar-refractivity contribution in [3.63, 3.8) is 0 Å². The Bertz CT molecular complexity index is 2370. The van der Waals surface area contributed by atoms with Gasteiger partial charge < -0.3 is 34.2 Å². The molecule has 0 fully saturated rings. The number of unbranched alkanes of at least 4 members (excludes halogenated alkanes) is 29. The van der Waals surface area contributed by atoms with Crippen LogP contribution in [0.5, 0.6) is 0 Å². The van der Waals surface area contributed by atoms with E-state index >= 15 is 0 Å². The van der Waals surface area contributed by atoms with Crippen LogP contribution in [-0.4, -0.2) is 95.9 Å². The Morgan fingerprint density at radius 1 is 0.287 bits per heavy atom. The highest BCUT2D eigenvalue weighted by Crippen LogP contribution is 2.45. The minimum Gasteiger partial charge on any atom is -0.463 e. The predicted octanol–water partition coefficient (Wildman–Crippen LogP) is 23.1. The number of allylic oxidation sites excluding steroid dienone is 22. The van der Waals surface area contributed by atoms with Gasteiger partial charge in [-0.3, -0.25) is 32.5 Å². The Hall–Kier alpha value is -4.31. The van der Waals surface area contributed by atoms with E-state index in [1.807, 2.05) is 0 Å². The van der Waals surface area contributed by atoms with Gasteiger partial charge in [0.2, 0.25) is 0 Å². The third-order valence-corrected chi connectivity index (χ3v) is 18.2. The first-order valence-corrected chi connectivity index (χ1v) is 42.5. The van der Waals surface area contributed by atoms with Crippen molar-refractivity contribution in [3.8, 4) is 0 Å². The number of carbonyl (C=O) groups is 3. The molecule has 580 valence electrons. The van der Waals surface area contributed by atoms with E-state index in [4.69, 9.17) is 32.3 Å². The van der Waals surface area contributed by atoms with Gasteiger partial charge in [-0.2, -0.15) is 0 Å². The summed E-state index contributed by atoms with van der Waals surface area (Å²) in [5, 5.41) is 20.6. The Morgan fingerprint density at radius 3 is 0.861 bits per heavy atom. The summed E-state index contributed by atoms with van der Waals surface area (Å²) in [6, 6.07) is 0. The Kier molecular flexibility index (Phi) is 72.2. The van der Waals surface area contributed by atoms with E-state index in [9.17, 15) is 43.5 Å². The summed E-state index contributed by atoms with van der Waals surface area (Å²) in [5.74, 6) is -1.61. The molecule has 5 unspecified atom stereocenters. The molecule has 0 aliphatic heterocycles. The van der Waals surface area contributed by atoms with E-state index in [1.54, 1.807) is 0 Å². The molecule has 0 aromatic heterocycles. The molecule has 0 heterocycles. The van der Waals surface area contributed by atoms with Gasteiger partial charge in [-0.15, -0.1) is 0 Å². The molecule has 0 aliphatic rings. The third kappa shape index (κ3) is 76.6. The van der Waals surface area contributed by atoms with E-state index in [1.165, 1.54) is 109 Å². The molecule has 0 spiro atoms. The fourth-order valence-electron chi connectivity index (χ4n) is 10.3. The Morgan fingerprint density at radius 2 is 0.525 bits per heavy atom. The van der Waals surface area contributed by atoms with Crippen molar-refractivity contribution in [2.75, 3.05) is 39.6 Å². The molecule has 4 N–H and O–H groups in total. The fourth-order valence-corrected chi connectivity index (χ4v) is 11.9. The van der Waals surface area contributed by atoms with Crippen molar-refractivity contribution in [2.24, 2.45) is 0 Å². The van der Waals surface area contributed by atoms with Crippen LogP contribution in [-0.2, 0) is 55.8 Å². The second-order valence-corrected chi connectivity index (χ2v) is 29.0. The lowest BCUT2D eigenvalue weighted by Crippen LogP contribution is -2.30. The summed E-state index contributed by atoms with van der Waals surface area (Å²) in [6.45, 7) is 2.49. The molecule has 101 heavy (non-hydrogen) atoms. The van der Waals surface area contributed by atoms with Crippen molar-refractivity contribution in [1.29, 1.82) is 0 Å². The van der Waals surface area contributed by atoms with Crippen LogP contribution in [0.4, 0.5) is 0 Å². The third-order valence-electron chi connectivity index (χ3n) is 16.3. The van der Waals surface area contributed by atoms with Gasteiger partial charge in [-0.25, -0.2) is 9.13 Å². The minimum absolute atomic E-state index is 0.0855. The van der Waals surface area contributed by atoms with Crippen LogP contribution < -0.4 is 0 Å². The monoisotopic (exact) mass is 1460 g/mol. The van der Waals surface area contributed by atoms with E-state index in [2.05, 4.69) is 154 Å². The lowest BCUT2D eigenvalue weighted by molar-refractivity contribution is -0.161. The summed E-state index contributed by atoms with van der Waals surface area (Å²) in [7, 11) is -9.80. The second kappa shape index (κ2) is 75.4. The summed E-state index contributed by atoms with van der Waals surface area (Å²) >= 11 is 0. The van der Waals surface area contributed by atoms with Gasteiger partial charge in [0.05, 0.1) is 26.4 Å². The van der Waals surface area contributed by atoms with Crippen molar-refractivity contribution in [3.05, 3.63) is 134 Å². The van der Waals surface area contributed by atoms with Gasteiger partial charge in [-0.05, 0) is 141 Å². The highest BCUT2D eigenvalue weighted by molar-refractivity contribution is 7.47. The largest absolute Gasteiger partial charge is 0.472 e. The molecule has 0 radical (unpaired) electrons. The SMILES string of the molecule is CC/C=C\C/C=C\C/C=C\C/C=C\C/C=C\C/C=C\CCCCCCC(=O)OCC(COP(=O)(O)OCC(O)COP(=O)(O)OCC(O)COC(=O)CCCCCCCCCCCCCCC/C=C\C/C=C\C/C=C\C/C=C\CCCCC)OC(=O)CCCCCCC/C=C\CCCCCC. The van der Waals surface area contributed by atoms with Crippen LogP contribution in [0.1, 0.15) is 316 Å². The standard InChI is InChI=1S/C83H142O16P2/c1-4-7-10-13-16-19-22-25-27-29-31-33-35-36-37-38-39-40-42-44-45-47-49-52-54-57-60-63-66-69-81(86)93-72-78(84)73-95-100(89,90)96-74-79(85)75-97-101(91,92)98-77-80(99-83(88)71-68-65-62-59-56-51-24-21-18-15-12-9-6-3)76-94-82(87)70-67-64-61-58-55-53-50-48-46-43-41-34-32-30-28-26-23-20-17-14-11-8-5-2/h8,11,16-17,19-21,24-28,31-34,36-37,43,46,50,53,78-80,84-85H,4-7,9-10,12-15,18,22-23,29-30,35,38-42,44-45,47-49,51-52,54-77H2,1-3H3,(H,89,90)(H,91,92)/b11-8-,19-16-,20-17-,24-21-,27-25-,28-26-,33-31-,34-32-,37-36-,46-43-,53-50-. The Balaban J connectivity index is 4.53. The first-order chi connectivity index (χ1) is 49.2. The van der Waals surface area contributed by atoms with Crippen LogP contribution in [0.2, 0.25) is 0 Å². The van der Waals surface area contributed by atoms with E-state index in [0.717, 1.165) is 148 Å². The summed E-state index contributed by atoms with van der Waals surface area (Å²) in [5.41, 5.74) is 0. The molecule has 0 amide bonds. The van der Waals surface area contributed by atoms with Gasteiger partial charge in [0.1, 0.15) is 25.4 Å². The number of hydrogen-bond donors (Lipinski definition) is 4. The summed E-state index contributed by atoms with van der Waals surface area (Å²) in [4.78, 5) is 58.6. The first-order valence-electron chi connectivity index (χ1n) is 39.5. The average molecular weight is 1460 g/mol. The van der Waals surface area contributed by atoms with Gasteiger partial charge >= 0.3 is 33.6 Å². The number of carbonyl (C=O) groups excluding carboxylic acids is 3. The minimum atomic E-state index is -4.94. The predicted molar refractivity (Wildman–Crippen MR) is 417 cm³/mol. The lowest BCUT2D eigenvalue weighted by Gasteiger charge is -2.21. The van der Waals surface area contributed by atoms with Crippen molar-refractivity contribution < 1.29 is 75.8 Å². The Labute approximate surface area is 614 Å². The van der Waals surface area contributed by atoms with E-state index in [-0.39, 0.29) is 19.3 Å².